The Morgan fingerprint density at radius 2 is 2.29 bits per heavy atom. The molecule has 24 heavy (non-hydrogen) atoms. The van der Waals surface area contributed by atoms with Crippen LogP contribution in [0.2, 0.25) is 0 Å². The van der Waals surface area contributed by atoms with E-state index in [9.17, 15) is 4.79 Å². The van der Waals surface area contributed by atoms with Crippen molar-refractivity contribution in [2.24, 2.45) is 5.41 Å². The molecule has 1 unspecified atom stereocenters. The molecule has 1 atom stereocenters. The van der Waals surface area contributed by atoms with Gasteiger partial charge in [0.1, 0.15) is 12.2 Å². The third-order valence-electron chi connectivity index (χ3n) is 5.65. The first-order valence-corrected chi connectivity index (χ1v) is 8.72. The van der Waals surface area contributed by atoms with E-state index in [2.05, 4.69) is 26.7 Å². The minimum Gasteiger partial charge on any atom is -0.438 e. The molecule has 128 valence electrons. The molecule has 1 spiro atoms. The Kier molecular flexibility index (Phi) is 3.66. The molecule has 0 N–H and O–H groups in total. The second kappa shape index (κ2) is 5.72. The number of carbonyl (C=O) groups is 1. The van der Waals surface area contributed by atoms with Crippen LogP contribution in [0.15, 0.2) is 17.1 Å². The monoisotopic (exact) mass is 329 g/mol. The van der Waals surface area contributed by atoms with E-state index in [1.165, 1.54) is 12.8 Å². The molecular formula is C17H23N5O2. The fraction of sp³-hybridized carbons (Fsp3) is 0.647. The Bertz CT molecular complexity index is 746. The van der Waals surface area contributed by atoms with Crippen LogP contribution < -0.4 is 0 Å². The van der Waals surface area contributed by atoms with Crippen molar-refractivity contribution >= 4 is 5.91 Å². The predicted molar refractivity (Wildman–Crippen MR) is 86.5 cm³/mol. The molecule has 7 nitrogen and oxygen atoms in total. The lowest BCUT2D eigenvalue weighted by Crippen LogP contribution is -2.38. The fourth-order valence-electron chi connectivity index (χ4n) is 4.21. The highest BCUT2D eigenvalue weighted by Crippen LogP contribution is 2.55. The highest BCUT2D eigenvalue weighted by Gasteiger charge is 2.54. The van der Waals surface area contributed by atoms with E-state index < -0.39 is 0 Å². The van der Waals surface area contributed by atoms with Gasteiger partial charge in [0.15, 0.2) is 6.39 Å². The molecule has 0 bridgehead atoms. The van der Waals surface area contributed by atoms with E-state index in [1.807, 2.05) is 11.2 Å². The Hall–Kier alpha value is -2.18. The van der Waals surface area contributed by atoms with Gasteiger partial charge in [0.05, 0.1) is 5.69 Å². The quantitative estimate of drug-likeness (QED) is 0.861. The molecule has 7 heteroatoms. The van der Waals surface area contributed by atoms with Crippen LogP contribution >= 0.6 is 0 Å². The summed E-state index contributed by atoms with van der Waals surface area (Å²) in [6.45, 7) is 6.34. The number of rotatable bonds is 4. The second-order valence-corrected chi connectivity index (χ2v) is 7.10. The van der Waals surface area contributed by atoms with Gasteiger partial charge in [-0.05, 0) is 31.6 Å². The summed E-state index contributed by atoms with van der Waals surface area (Å²) >= 11 is 0. The van der Waals surface area contributed by atoms with Crippen molar-refractivity contribution in [3.63, 3.8) is 0 Å². The predicted octanol–water partition coefficient (Wildman–Crippen LogP) is 2.39. The second-order valence-electron chi connectivity index (χ2n) is 7.10. The molecule has 2 aliphatic rings. The van der Waals surface area contributed by atoms with Gasteiger partial charge in [-0.3, -0.25) is 4.79 Å². The van der Waals surface area contributed by atoms with Crippen LogP contribution in [0.1, 0.15) is 60.6 Å². The standard InChI is InChI=1S/C17H23N5O2/c1-3-7-21-10-19-20-15(21)13-8-22(9-17(13)5-4-6-17)16(23)14-12(2)18-11-24-14/h10-11,13H,3-9H2,1-2H3. The van der Waals surface area contributed by atoms with Gasteiger partial charge in [-0.1, -0.05) is 13.3 Å². The maximum atomic E-state index is 12.8. The molecule has 1 aliphatic carbocycles. The minimum atomic E-state index is -0.0552. The molecule has 0 radical (unpaired) electrons. The number of amides is 1. The molecule has 2 aromatic heterocycles. The van der Waals surface area contributed by atoms with Crippen molar-refractivity contribution in [2.45, 2.75) is 52.0 Å². The average molecular weight is 329 g/mol. The van der Waals surface area contributed by atoms with E-state index >= 15 is 0 Å². The Morgan fingerprint density at radius 3 is 2.92 bits per heavy atom. The third-order valence-corrected chi connectivity index (χ3v) is 5.65. The number of oxazole rings is 1. The van der Waals surface area contributed by atoms with Crippen molar-refractivity contribution < 1.29 is 9.21 Å². The van der Waals surface area contributed by atoms with Crippen LogP contribution in [0.25, 0.3) is 0 Å². The summed E-state index contributed by atoms with van der Waals surface area (Å²) in [6.07, 6.45) is 7.72. The van der Waals surface area contributed by atoms with Crippen molar-refractivity contribution in [3.8, 4) is 0 Å². The molecule has 1 aliphatic heterocycles. The summed E-state index contributed by atoms with van der Waals surface area (Å²) in [5, 5.41) is 8.53. The largest absolute Gasteiger partial charge is 0.438 e. The number of hydrogen-bond donors (Lipinski definition) is 0. The molecule has 2 aromatic rings. The molecule has 1 saturated carbocycles. The number of aryl methyl sites for hydroxylation is 2. The lowest BCUT2D eigenvalue weighted by molar-refractivity contribution is 0.0693. The van der Waals surface area contributed by atoms with Gasteiger partial charge in [0, 0.05) is 25.6 Å². The Balaban J connectivity index is 1.62. The summed E-state index contributed by atoms with van der Waals surface area (Å²) in [4.78, 5) is 18.8. The van der Waals surface area contributed by atoms with Crippen LogP contribution in [0.5, 0.6) is 0 Å². The van der Waals surface area contributed by atoms with Crippen molar-refractivity contribution in [1.29, 1.82) is 0 Å². The van der Waals surface area contributed by atoms with Gasteiger partial charge in [0.2, 0.25) is 5.76 Å². The molecule has 1 saturated heterocycles. The van der Waals surface area contributed by atoms with E-state index in [0.29, 0.717) is 18.0 Å². The zero-order chi connectivity index (χ0) is 16.7. The van der Waals surface area contributed by atoms with Gasteiger partial charge in [0.25, 0.3) is 5.91 Å². The zero-order valence-corrected chi connectivity index (χ0v) is 14.2. The molecule has 1 amide bonds. The van der Waals surface area contributed by atoms with E-state index in [4.69, 9.17) is 4.42 Å². The van der Waals surface area contributed by atoms with Gasteiger partial charge >= 0.3 is 0 Å². The first-order chi connectivity index (χ1) is 11.6. The molecule has 0 aromatic carbocycles. The van der Waals surface area contributed by atoms with Gasteiger partial charge in [-0.2, -0.15) is 0 Å². The van der Waals surface area contributed by atoms with Crippen LogP contribution in [0, 0.1) is 12.3 Å². The number of carbonyl (C=O) groups excluding carboxylic acids is 1. The van der Waals surface area contributed by atoms with Crippen molar-refractivity contribution in [2.75, 3.05) is 13.1 Å². The fourth-order valence-corrected chi connectivity index (χ4v) is 4.21. The van der Waals surface area contributed by atoms with Crippen LogP contribution in [-0.4, -0.2) is 43.6 Å². The first-order valence-electron chi connectivity index (χ1n) is 8.72. The zero-order valence-electron chi connectivity index (χ0n) is 14.2. The summed E-state index contributed by atoms with van der Waals surface area (Å²) in [5.41, 5.74) is 0.808. The number of likely N-dealkylation sites (tertiary alicyclic amines) is 1. The first kappa shape index (κ1) is 15.4. The molecule has 3 heterocycles. The number of nitrogens with zero attached hydrogens (tertiary/aromatic N) is 5. The summed E-state index contributed by atoms with van der Waals surface area (Å²) < 4.78 is 7.46. The molecule has 2 fully saturated rings. The van der Waals surface area contributed by atoms with Gasteiger partial charge < -0.3 is 13.9 Å². The lowest BCUT2D eigenvalue weighted by Gasteiger charge is -2.42. The van der Waals surface area contributed by atoms with Crippen molar-refractivity contribution in [1.82, 2.24) is 24.6 Å². The van der Waals surface area contributed by atoms with Crippen LogP contribution in [0.4, 0.5) is 0 Å². The van der Waals surface area contributed by atoms with Crippen LogP contribution in [0.3, 0.4) is 0 Å². The highest BCUT2D eigenvalue weighted by molar-refractivity contribution is 5.92. The SMILES string of the molecule is CCCn1cnnc1C1CN(C(=O)c2ocnc2C)CC12CCC2. The van der Waals surface area contributed by atoms with Gasteiger partial charge in [-0.25, -0.2) is 4.98 Å². The lowest BCUT2D eigenvalue weighted by atomic mass is 9.62. The maximum absolute atomic E-state index is 12.8. The summed E-state index contributed by atoms with van der Waals surface area (Å²) in [6, 6.07) is 0. The highest BCUT2D eigenvalue weighted by atomic mass is 16.3. The van der Waals surface area contributed by atoms with Crippen LogP contribution in [-0.2, 0) is 6.54 Å². The minimum absolute atomic E-state index is 0.0552. The van der Waals surface area contributed by atoms with E-state index in [1.54, 1.807) is 6.92 Å². The molecule has 4 rings (SSSR count). The molecular weight excluding hydrogens is 306 g/mol. The van der Waals surface area contributed by atoms with E-state index in [-0.39, 0.29) is 17.2 Å². The number of aromatic nitrogens is 4. The maximum Gasteiger partial charge on any atom is 0.291 e. The summed E-state index contributed by atoms with van der Waals surface area (Å²) in [5.74, 6) is 1.59. The summed E-state index contributed by atoms with van der Waals surface area (Å²) in [7, 11) is 0. The Labute approximate surface area is 141 Å². The average Bonchev–Trinajstić information content (AvgIpc) is 3.23. The third kappa shape index (κ3) is 2.25. The van der Waals surface area contributed by atoms with E-state index in [0.717, 1.165) is 38.2 Å². The smallest absolute Gasteiger partial charge is 0.291 e. The topological polar surface area (TPSA) is 77.0 Å². The Morgan fingerprint density at radius 1 is 1.46 bits per heavy atom. The normalized spacial score (nSPS) is 22.1. The van der Waals surface area contributed by atoms with Gasteiger partial charge in [-0.15, -0.1) is 10.2 Å². The number of hydrogen-bond acceptors (Lipinski definition) is 5. The van der Waals surface area contributed by atoms with Crippen molar-refractivity contribution in [3.05, 3.63) is 30.0 Å².